The predicted octanol–water partition coefficient (Wildman–Crippen LogP) is 2.75. The van der Waals surface area contributed by atoms with Gasteiger partial charge in [0.25, 0.3) is 0 Å². The van der Waals surface area contributed by atoms with E-state index in [0.29, 0.717) is 24.3 Å². The third-order valence-electron chi connectivity index (χ3n) is 4.77. The molecule has 1 saturated carbocycles. The monoisotopic (exact) mass is 316 g/mol. The van der Waals surface area contributed by atoms with Gasteiger partial charge in [-0.25, -0.2) is 8.42 Å². The van der Waals surface area contributed by atoms with Gasteiger partial charge in [0.2, 0.25) is 10.0 Å². The lowest BCUT2D eigenvalue weighted by molar-refractivity contribution is 0.291. The molecule has 21 heavy (non-hydrogen) atoms. The van der Waals surface area contributed by atoms with Crippen molar-refractivity contribution in [2.45, 2.75) is 77.3 Å². The lowest BCUT2D eigenvalue weighted by Gasteiger charge is -2.31. The van der Waals surface area contributed by atoms with E-state index in [1.807, 2.05) is 4.31 Å². The fourth-order valence-corrected chi connectivity index (χ4v) is 5.63. The molecule has 2 fully saturated rings. The summed E-state index contributed by atoms with van der Waals surface area (Å²) in [6, 6.07) is 0.662. The summed E-state index contributed by atoms with van der Waals surface area (Å²) in [5.41, 5.74) is 0. The SMILES string of the molecule is CC(C)CN(C1CCCC1)S(=O)(=O)CCC1CCCCN1. The van der Waals surface area contributed by atoms with Crippen LogP contribution in [0.1, 0.15) is 65.2 Å². The Balaban J connectivity index is 1.94. The second-order valence-corrected chi connectivity index (χ2v) is 9.19. The zero-order valence-electron chi connectivity index (χ0n) is 13.7. The van der Waals surface area contributed by atoms with Gasteiger partial charge in [-0.2, -0.15) is 4.31 Å². The zero-order chi connectivity index (χ0) is 15.3. The topological polar surface area (TPSA) is 49.4 Å². The number of rotatable bonds is 7. The van der Waals surface area contributed by atoms with E-state index in [1.165, 1.54) is 25.7 Å². The van der Waals surface area contributed by atoms with Crippen molar-refractivity contribution < 1.29 is 8.42 Å². The van der Waals surface area contributed by atoms with Crippen LogP contribution in [0, 0.1) is 5.92 Å². The maximum absolute atomic E-state index is 12.8. The van der Waals surface area contributed by atoms with Crippen LogP contribution in [0.15, 0.2) is 0 Å². The summed E-state index contributed by atoms with van der Waals surface area (Å²) in [5.74, 6) is 0.710. The van der Waals surface area contributed by atoms with Crippen LogP contribution in [0.2, 0.25) is 0 Å². The molecule has 0 radical (unpaired) electrons. The first-order valence-electron chi connectivity index (χ1n) is 8.72. The van der Waals surface area contributed by atoms with Gasteiger partial charge in [0.15, 0.2) is 0 Å². The molecule has 2 rings (SSSR count). The number of hydrogen-bond donors (Lipinski definition) is 1. The van der Waals surface area contributed by atoms with Crippen molar-refractivity contribution in [3.63, 3.8) is 0 Å². The Labute approximate surface area is 130 Å². The Kier molecular flexibility index (Phi) is 6.51. The van der Waals surface area contributed by atoms with Gasteiger partial charge < -0.3 is 5.32 Å². The van der Waals surface area contributed by atoms with E-state index < -0.39 is 10.0 Å². The maximum Gasteiger partial charge on any atom is 0.214 e. The van der Waals surface area contributed by atoms with Gasteiger partial charge in [-0.3, -0.25) is 0 Å². The van der Waals surface area contributed by atoms with E-state index in [-0.39, 0.29) is 6.04 Å². The molecule has 1 aliphatic carbocycles. The van der Waals surface area contributed by atoms with Crippen molar-refractivity contribution in [3.05, 3.63) is 0 Å². The van der Waals surface area contributed by atoms with Crippen molar-refractivity contribution in [2.75, 3.05) is 18.8 Å². The number of piperidine rings is 1. The van der Waals surface area contributed by atoms with Gasteiger partial charge >= 0.3 is 0 Å². The van der Waals surface area contributed by atoms with Crippen LogP contribution in [0.25, 0.3) is 0 Å². The molecule has 0 bridgehead atoms. The summed E-state index contributed by atoms with van der Waals surface area (Å²) in [5, 5.41) is 3.46. The van der Waals surface area contributed by atoms with Crippen molar-refractivity contribution in [1.29, 1.82) is 0 Å². The first kappa shape index (κ1) is 17.2. The van der Waals surface area contributed by atoms with E-state index in [0.717, 1.165) is 32.2 Å². The number of nitrogens with zero attached hydrogens (tertiary/aromatic N) is 1. The highest BCUT2D eigenvalue weighted by molar-refractivity contribution is 7.89. The van der Waals surface area contributed by atoms with Crippen LogP contribution >= 0.6 is 0 Å². The molecule has 0 spiro atoms. The average molecular weight is 317 g/mol. The zero-order valence-corrected chi connectivity index (χ0v) is 14.5. The van der Waals surface area contributed by atoms with Crippen LogP contribution in [0.5, 0.6) is 0 Å². The molecular weight excluding hydrogens is 284 g/mol. The minimum absolute atomic E-state index is 0.261. The highest BCUT2D eigenvalue weighted by Crippen LogP contribution is 2.27. The van der Waals surface area contributed by atoms with Gasteiger partial charge in [0.05, 0.1) is 5.75 Å². The Morgan fingerprint density at radius 1 is 1.10 bits per heavy atom. The van der Waals surface area contributed by atoms with Crippen LogP contribution in [0.4, 0.5) is 0 Å². The Hall–Kier alpha value is -0.130. The van der Waals surface area contributed by atoms with Gasteiger partial charge in [0, 0.05) is 18.6 Å². The van der Waals surface area contributed by atoms with Crippen molar-refractivity contribution in [2.24, 2.45) is 5.92 Å². The van der Waals surface area contributed by atoms with Gasteiger partial charge in [-0.1, -0.05) is 33.1 Å². The fourth-order valence-electron chi connectivity index (χ4n) is 3.62. The highest BCUT2D eigenvalue weighted by atomic mass is 32.2. The van der Waals surface area contributed by atoms with E-state index in [4.69, 9.17) is 0 Å². The van der Waals surface area contributed by atoms with E-state index in [9.17, 15) is 8.42 Å². The van der Waals surface area contributed by atoms with Crippen molar-refractivity contribution in [3.8, 4) is 0 Å². The number of hydrogen-bond acceptors (Lipinski definition) is 3. The largest absolute Gasteiger partial charge is 0.314 e. The molecule has 1 saturated heterocycles. The maximum atomic E-state index is 12.8. The third-order valence-corrected chi connectivity index (χ3v) is 6.68. The molecule has 0 aromatic rings. The molecule has 1 atom stereocenters. The Morgan fingerprint density at radius 2 is 1.76 bits per heavy atom. The van der Waals surface area contributed by atoms with Crippen LogP contribution in [-0.2, 0) is 10.0 Å². The molecule has 1 unspecified atom stereocenters. The summed E-state index contributed by atoms with van der Waals surface area (Å²) in [6.45, 7) is 5.95. The number of nitrogens with one attached hydrogen (secondary N) is 1. The second-order valence-electron chi connectivity index (χ2n) is 7.15. The summed E-state index contributed by atoms with van der Waals surface area (Å²) >= 11 is 0. The normalized spacial score (nSPS) is 25.0. The molecule has 1 aliphatic heterocycles. The van der Waals surface area contributed by atoms with Gasteiger partial charge in [-0.05, 0) is 44.6 Å². The molecule has 4 nitrogen and oxygen atoms in total. The first-order chi connectivity index (χ1) is 9.99. The molecule has 0 amide bonds. The van der Waals surface area contributed by atoms with Crippen molar-refractivity contribution >= 4 is 10.0 Å². The smallest absolute Gasteiger partial charge is 0.214 e. The van der Waals surface area contributed by atoms with Crippen LogP contribution in [0.3, 0.4) is 0 Å². The third kappa shape index (κ3) is 5.22. The van der Waals surface area contributed by atoms with Gasteiger partial charge in [-0.15, -0.1) is 0 Å². The van der Waals surface area contributed by atoms with Crippen LogP contribution in [-0.4, -0.2) is 43.6 Å². The van der Waals surface area contributed by atoms with E-state index in [2.05, 4.69) is 19.2 Å². The lowest BCUT2D eigenvalue weighted by atomic mass is 10.0. The molecule has 1 heterocycles. The summed E-state index contributed by atoms with van der Waals surface area (Å²) < 4.78 is 27.4. The summed E-state index contributed by atoms with van der Waals surface area (Å²) in [4.78, 5) is 0. The quantitative estimate of drug-likeness (QED) is 0.786. The van der Waals surface area contributed by atoms with Crippen molar-refractivity contribution in [1.82, 2.24) is 9.62 Å². The molecule has 0 aromatic carbocycles. The predicted molar refractivity (Wildman–Crippen MR) is 87.8 cm³/mol. The van der Waals surface area contributed by atoms with E-state index in [1.54, 1.807) is 0 Å². The van der Waals surface area contributed by atoms with Gasteiger partial charge in [0.1, 0.15) is 0 Å². The minimum atomic E-state index is -3.11. The molecule has 124 valence electrons. The molecule has 0 aromatic heterocycles. The first-order valence-corrected chi connectivity index (χ1v) is 10.3. The molecule has 2 aliphatic rings. The Bertz CT molecular complexity index is 397. The van der Waals surface area contributed by atoms with E-state index >= 15 is 0 Å². The highest BCUT2D eigenvalue weighted by Gasteiger charge is 2.32. The minimum Gasteiger partial charge on any atom is -0.314 e. The summed E-state index contributed by atoms with van der Waals surface area (Å²) in [6.07, 6.45) is 8.81. The standard InChI is InChI=1S/C16H32N2O2S/c1-14(2)13-18(16-8-3-4-9-16)21(19,20)12-10-15-7-5-6-11-17-15/h14-17H,3-13H2,1-2H3. The Morgan fingerprint density at radius 3 is 2.33 bits per heavy atom. The molecule has 5 heteroatoms. The fraction of sp³-hybridized carbons (Fsp3) is 1.00. The van der Waals surface area contributed by atoms with Crippen LogP contribution < -0.4 is 5.32 Å². The second kappa shape index (κ2) is 7.93. The molecular formula is C16H32N2O2S. The average Bonchev–Trinajstić information content (AvgIpc) is 2.97. The number of sulfonamides is 1. The summed E-state index contributed by atoms with van der Waals surface area (Å²) in [7, 11) is -3.11. The lowest BCUT2D eigenvalue weighted by Crippen LogP contribution is -2.44. The molecule has 1 N–H and O–H groups in total.